The van der Waals surface area contributed by atoms with Crippen LogP contribution in [0.2, 0.25) is 5.02 Å². The van der Waals surface area contributed by atoms with Crippen molar-refractivity contribution in [1.29, 1.82) is 0 Å². The van der Waals surface area contributed by atoms with E-state index in [1.165, 1.54) is 6.07 Å². The van der Waals surface area contributed by atoms with Crippen LogP contribution < -0.4 is 0 Å². The standard InChI is InChI=1S/C19H26ClFN4O/c1-13(14-5-6-16(21)15(20)11-14)25-9-7-24(8-10-25)12-17-22-18(26-23-17)19(2,3)4/h5-6,11,13H,7-10,12H2,1-4H3/t13-/m0/s1. The van der Waals surface area contributed by atoms with Crippen molar-refractivity contribution in [2.75, 3.05) is 26.2 Å². The molecule has 0 spiro atoms. The Balaban J connectivity index is 1.55. The first-order valence-corrected chi connectivity index (χ1v) is 9.36. The SMILES string of the molecule is C[C@@H](c1ccc(F)c(Cl)c1)N1CCN(Cc2noc(C(C)(C)C)n2)CC1. The first kappa shape index (κ1) is 19.3. The van der Waals surface area contributed by atoms with E-state index in [4.69, 9.17) is 16.1 Å². The van der Waals surface area contributed by atoms with Crippen LogP contribution in [0.3, 0.4) is 0 Å². The summed E-state index contributed by atoms with van der Waals surface area (Å²) in [5, 5.41) is 4.29. The molecule has 0 saturated carbocycles. The quantitative estimate of drug-likeness (QED) is 0.801. The van der Waals surface area contributed by atoms with Crippen LogP contribution in [0.5, 0.6) is 0 Å². The Hall–Kier alpha value is -1.50. The minimum atomic E-state index is -0.373. The first-order chi connectivity index (χ1) is 12.2. The molecule has 2 heterocycles. The van der Waals surface area contributed by atoms with Crippen molar-refractivity contribution in [3.05, 3.63) is 46.3 Å². The average Bonchev–Trinajstić information content (AvgIpc) is 3.06. The molecule has 0 bridgehead atoms. The zero-order valence-corrected chi connectivity index (χ0v) is 16.6. The number of halogens is 2. The normalized spacial score (nSPS) is 18.2. The van der Waals surface area contributed by atoms with Gasteiger partial charge in [0.15, 0.2) is 5.82 Å². The highest BCUT2D eigenvalue weighted by Gasteiger charge is 2.25. The van der Waals surface area contributed by atoms with Gasteiger partial charge >= 0.3 is 0 Å². The van der Waals surface area contributed by atoms with Crippen LogP contribution in [0, 0.1) is 5.82 Å². The van der Waals surface area contributed by atoms with Gasteiger partial charge in [-0.2, -0.15) is 4.98 Å². The summed E-state index contributed by atoms with van der Waals surface area (Å²) in [4.78, 5) is 9.23. The number of hydrogen-bond acceptors (Lipinski definition) is 5. The zero-order chi connectivity index (χ0) is 18.9. The third kappa shape index (κ3) is 4.42. The molecule has 1 saturated heterocycles. The van der Waals surface area contributed by atoms with Crippen molar-refractivity contribution < 1.29 is 8.91 Å². The van der Waals surface area contributed by atoms with Crippen molar-refractivity contribution in [3.63, 3.8) is 0 Å². The van der Waals surface area contributed by atoms with E-state index >= 15 is 0 Å². The van der Waals surface area contributed by atoms with E-state index in [9.17, 15) is 4.39 Å². The van der Waals surface area contributed by atoms with Crippen LogP contribution in [0.4, 0.5) is 4.39 Å². The molecule has 1 aliphatic heterocycles. The summed E-state index contributed by atoms with van der Waals surface area (Å²) in [5.41, 5.74) is 0.911. The van der Waals surface area contributed by atoms with Gasteiger partial charge in [0.2, 0.25) is 5.89 Å². The van der Waals surface area contributed by atoms with Gasteiger partial charge in [-0.1, -0.05) is 43.6 Å². The van der Waals surface area contributed by atoms with Crippen molar-refractivity contribution in [2.24, 2.45) is 0 Å². The molecule has 3 rings (SSSR count). The molecule has 2 aromatic rings. The number of piperazine rings is 1. The fourth-order valence-electron chi connectivity index (χ4n) is 3.11. The molecule has 142 valence electrons. The Morgan fingerprint density at radius 3 is 2.50 bits per heavy atom. The minimum Gasteiger partial charge on any atom is -0.339 e. The lowest BCUT2D eigenvalue weighted by Crippen LogP contribution is -2.46. The van der Waals surface area contributed by atoms with E-state index in [2.05, 4.69) is 47.6 Å². The second-order valence-electron chi connectivity index (χ2n) is 7.93. The summed E-state index contributed by atoms with van der Waals surface area (Å²) < 4.78 is 18.7. The predicted molar refractivity (Wildman–Crippen MR) is 99.7 cm³/mol. The molecule has 0 amide bonds. The predicted octanol–water partition coefficient (Wildman–Crippen LogP) is 4.04. The summed E-state index contributed by atoms with van der Waals surface area (Å²) in [7, 11) is 0. The topological polar surface area (TPSA) is 45.4 Å². The fourth-order valence-corrected chi connectivity index (χ4v) is 3.30. The highest BCUT2D eigenvalue weighted by atomic mass is 35.5. The van der Waals surface area contributed by atoms with E-state index < -0.39 is 0 Å². The Kier molecular flexibility index (Phi) is 5.65. The minimum absolute atomic E-state index is 0.129. The molecule has 1 aromatic carbocycles. The molecule has 5 nitrogen and oxygen atoms in total. The molecule has 0 radical (unpaired) electrons. The number of benzene rings is 1. The summed E-state index contributed by atoms with van der Waals surface area (Å²) >= 11 is 5.92. The van der Waals surface area contributed by atoms with Crippen LogP contribution in [0.15, 0.2) is 22.7 Å². The molecule has 26 heavy (non-hydrogen) atoms. The Bertz CT molecular complexity index is 750. The van der Waals surface area contributed by atoms with Gasteiger partial charge in [0, 0.05) is 37.6 Å². The third-order valence-electron chi connectivity index (χ3n) is 4.86. The first-order valence-electron chi connectivity index (χ1n) is 8.98. The van der Waals surface area contributed by atoms with E-state index in [1.54, 1.807) is 6.07 Å². The molecule has 1 atom stereocenters. The number of aromatic nitrogens is 2. The number of rotatable bonds is 4. The van der Waals surface area contributed by atoms with Crippen LogP contribution >= 0.6 is 11.6 Å². The van der Waals surface area contributed by atoms with Gasteiger partial charge in [0.1, 0.15) is 5.82 Å². The lowest BCUT2D eigenvalue weighted by atomic mass is 9.97. The van der Waals surface area contributed by atoms with Gasteiger partial charge in [-0.05, 0) is 24.6 Å². The summed E-state index contributed by atoms with van der Waals surface area (Å²) in [5.74, 6) is 1.04. The molecule has 1 fully saturated rings. The van der Waals surface area contributed by atoms with Crippen LogP contribution in [-0.2, 0) is 12.0 Å². The monoisotopic (exact) mass is 380 g/mol. The average molecular weight is 381 g/mol. The molecule has 0 unspecified atom stereocenters. The summed E-state index contributed by atoms with van der Waals surface area (Å²) in [6.07, 6.45) is 0. The molecule has 1 aromatic heterocycles. The highest BCUT2D eigenvalue weighted by molar-refractivity contribution is 6.30. The lowest BCUT2D eigenvalue weighted by Gasteiger charge is -2.37. The van der Waals surface area contributed by atoms with Crippen LogP contribution in [-0.4, -0.2) is 46.1 Å². The highest BCUT2D eigenvalue weighted by Crippen LogP contribution is 2.26. The third-order valence-corrected chi connectivity index (χ3v) is 5.15. The molecule has 0 aliphatic carbocycles. The molecule has 7 heteroatoms. The van der Waals surface area contributed by atoms with Crippen molar-refractivity contribution in [2.45, 2.75) is 45.7 Å². The van der Waals surface area contributed by atoms with Gasteiger partial charge in [0.05, 0.1) is 11.6 Å². The molecule has 1 aliphatic rings. The smallest absolute Gasteiger partial charge is 0.232 e. The van der Waals surface area contributed by atoms with Gasteiger partial charge < -0.3 is 4.52 Å². The van der Waals surface area contributed by atoms with Crippen LogP contribution in [0.1, 0.15) is 51.0 Å². The Morgan fingerprint density at radius 1 is 1.23 bits per heavy atom. The van der Waals surface area contributed by atoms with Crippen molar-refractivity contribution in [3.8, 4) is 0 Å². The number of hydrogen-bond donors (Lipinski definition) is 0. The maximum absolute atomic E-state index is 13.4. The van der Waals surface area contributed by atoms with Gasteiger partial charge in [-0.3, -0.25) is 9.80 Å². The Morgan fingerprint density at radius 2 is 1.92 bits per heavy atom. The van der Waals surface area contributed by atoms with E-state index in [-0.39, 0.29) is 22.3 Å². The molecular formula is C19H26ClFN4O. The largest absolute Gasteiger partial charge is 0.339 e. The lowest BCUT2D eigenvalue weighted by molar-refractivity contribution is 0.0956. The zero-order valence-electron chi connectivity index (χ0n) is 15.8. The van der Waals surface area contributed by atoms with Gasteiger partial charge in [0.25, 0.3) is 0 Å². The number of nitrogens with zero attached hydrogens (tertiary/aromatic N) is 4. The van der Waals surface area contributed by atoms with Crippen molar-refractivity contribution >= 4 is 11.6 Å². The van der Waals surface area contributed by atoms with E-state index in [0.717, 1.165) is 37.6 Å². The van der Waals surface area contributed by atoms with E-state index in [1.807, 2.05) is 6.07 Å². The summed E-state index contributed by atoms with van der Waals surface area (Å²) in [6, 6.07) is 5.17. The molecular weight excluding hydrogens is 355 g/mol. The molecule has 0 N–H and O–H groups in total. The second-order valence-corrected chi connectivity index (χ2v) is 8.33. The van der Waals surface area contributed by atoms with E-state index in [0.29, 0.717) is 12.4 Å². The summed E-state index contributed by atoms with van der Waals surface area (Å²) in [6.45, 7) is 12.7. The van der Waals surface area contributed by atoms with Crippen molar-refractivity contribution in [1.82, 2.24) is 19.9 Å². The van der Waals surface area contributed by atoms with Gasteiger partial charge in [-0.15, -0.1) is 0 Å². The fraction of sp³-hybridized carbons (Fsp3) is 0.579. The maximum atomic E-state index is 13.4. The van der Waals surface area contributed by atoms with Gasteiger partial charge in [-0.25, -0.2) is 4.39 Å². The maximum Gasteiger partial charge on any atom is 0.232 e. The second kappa shape index (κ2) is 7.62. The van der Waals surface area contributed by atoms with Crippen LogP contribution in [0.25, 0.3) is 0 Å². The Labute approximate surface area is 159 Å².